The van der Waals surface area contributed by atoms with Crippen molar-refractivity contribution in [2.24, 2.45) is 0 Å². The standard InChI is InChI=1S/C15H22ClN4O3P/c1-24(2,3)7-5-9-11(21)12(22)14(23-9)20-13-10(19-15(20)16)8(17)4-6-18-13/h4,6,9,11-12,14,21-22H,1,5,7H2,2-3H3,(H2,17,18)/t9?,11-,12-,14?/m1/s1. The van der Waals surface area contributed by atoms with Crippen LogP contribution in [0.2, 0.25) is 5.28 Å². The van der Waals surface area contributed by atoms with Crippen molar-refractivity contribution >= 4 is 41.6 Å². The fourth-order valence-corrected chi connectivity index (χ4v) is 4.08. The zero-order valence-corrected chi connectivity index (χ0v) is 15.3. The molecule has 0 amide bonds. The molecule has 0 aromatic carbocycles. The maximum atomic E-state index is 10.4. The highest BCUT2D eigenvalue weighted by Crippen LogP contribution is 2.40. The Balaban J connectivity index is 1.92. The molecule has 0 bridgehead atoms. The third-order valence-corrected chi connectivity index (χ3v) is 5.91. The van der Waals surface area contributed by atoms with Gasteiger partial charge in [-0.15, -0.1) is 13.2 Å². The molecular formula is C15H22ClN4O3P. The van der Waals surface area contributed by atoms with E-state index in [4.69, 9.17) is 22.1 Å². The summed E-state index contributed by atoms with van der Waals surface area (Å²) in [5.41, 5.74) is 7.19. The van der Waals surface area contributed by atoms with E-state index in [1.807, 2.05) is 0 Å². The van der Waals surface area contributed by atoms with E-state index in [1.165, 1.54) is 10.8 Å². The van der Waals surface area contributed by atoms with Crippen LogP contribution in [-0.4, -0.2) is 68.9 Å². The van der Waals surface area contributed by atoms with Gasteiger partial charge in [0, 0.05) is 6.20 Å². The molecule has 2 unspecified atom stereocenters. The molecule has 1 aliphatic rings. The monoisotopic (exact) mass is 372 g/mol. The summed E-state index contributed by atoms with van der Waals surface area (Å²) < 4.78 is 7.38. The SMILES string of the molecule is C=P(C)(C)CCC1OC(n2c(Cl)nc3c(N)ccnc32)[C@H](O)[C@@H]1O. The molecule has 0 aliphatic carbocycles. The predicted molar refractivity (Wildman–Crippen MR) is 98.2 cm³/mol. The molecule has 3 rings (SSSR count). The number of aliphatic hydroxyl groups excluding tert-OH is 2. The Morgan fingerprint density at radius 3 is 2.79 bits per heavy atom. The Labute approximate surface area is 145 Å². The second kappa shape index (κ2) is 6.32. The first-order valence-corrected chi connectivity index (χ1v) is 11.1. The van der Waals surface area contributed by atoms with Crippen LogP contribution in [0, 0.1) is 0 Å². The van der Waals surface area contributed by atoms with E-state index in [1.54, 1.807) is 6.07 Å². The summed E-state index contributed by atoms with van der Waals surface area (Å²) in [6.45, 7) is 2.99. The molecule has 4 atom stereocenters. The molecule has 3 heterocycles. The van der Waals surface area contributed by atoms with Gasteiger partial charge in [-0.3, -0.25) is 4.57 Å². The zero-order valence-electron chi connectivity index (χ0n) is 13.6. The Morgan fingerprint density at radius 1 is 1.42 bits per heavy atom. The molecule has 0 radical (unpaired) electrons. The average Bonchev–Trinajstić information content (AvgIpc) is 2.96. The number of fused-ring (bicyclic) bond motifs is 1. The lowest BCUT2D eigenvalue weighted by molar-refractivity contribution is -0.0351. The van der Waals surface area contributed by atoms with E-state index in [0.717, 1.165) is 6.16 Å². The lowest BCUT2D eigenvalue weighted by Crippen LogP contribution is -2.32. The van der Waals surface area contributed by atoms with Crippen molar-refractivity contribution in [1.29, 1.82) is 0 Å². The van der Waals surface area contributed by atoms with Crippen LogP contribution in [0.3, 0.4) is 0 Å². The fraction of sp³-hybridized carbons (Fsp3) is 0.533. The number of ether oxygens (including phenoxy) is 1. The van der Waals surface area contributed by atoms with E-state index in [9.17, 15) is 10.2 Å². The van der Waals surface area contributed by atoms with Crippen molar-refractivity contribution in [3.63, 3.8) is 0 Å². The molecule has 4 N–H and O–H groups in total. The van der Waals surface area contributed by atoms with E-state index in [0.29, 0.717) is 23.3 Å². The van der Waals surface area contributed by atoms with Crippen LogP contribution in [0.15, 0.2) is 12.3 Å². The molecule has 9 heteroatoms. The van der Waals surface area contributed by atoms with Crippen molar-refractivity contribution in [2.45, 2.75) is 31.0 Å². The number of hydrogen-bond acceptors (Lipinski definition) is 6. The quantitative estimate of drug-likeness (QED) is 0.700. The van der Waals surface area contributed by atoms with E-state index >= 15 is 0 Å². The summed E-state index contributed by atoms with van der Waals surface area (Å²) in [4.78, 5) is 8.43. The van der Waals surface area contributed by atoms with E-state index in [2.05, 4.69) is 29.6 Å². The Bertz CT molecular complexity index is 805. The smallest absolute Gasteiger partial charge is 0.207 e. The van der Waals surface area contributed by atoms with Gasteiger partial charge in [0.15, 0.2) is 11.9 Å². The highest BCUT2D eigenvalue weighted by atomic mass is 35.5. The van der Waals surface area contributed by atoms with Gasteiger partial charge in [-0.2, -0.15) is 0 Å². The van der Waals surface area contributed by atoms with Crippen LogP contribution >= 0.6 is 18.5 Å². The number of imidazole rings is 1. The second-order valence-electron chi connectivity index (χ2n) is 6.82. The van der Waals surface area contributed by atoms with Crippen LogP contribution in [0.4, 0.5) is 5.69 Å². The minimum atomic E-state index is -1.25. The number of anilines is 1. The molecule has 0 saturated carbocycles. The molecule has 1 fully saturated rings. The largest absolute Gasteiger partial charge is 0.397 e. The second-order valence-corrected chi connectivity index (χ2v) is 11.5. The number of nitrogens with zero attached hydrogens (tertiary/aromatic N) is 3. The van der Waals surface area contributed by atoms with Crippen LogP contribution in [0.1, 0.15) is 12.6 Å². The van der Waals surface area contributed by atoms with Crippen molar-refractivity contribution in [3.8, 4) is 0 Å². The number of halogens is 1. The molecule has 7 nitrogen and oxygen atoms in total. The summed E-state index contributed by atoms with van der Waals surface area (Å²) in [5.74, 6) is 0. The molecule has 2 aromatic heterocycles. The van der Waals surface area contributed by atoms with Crippen LogP contribution in [0.5, 0.6) is 0 Å². The number of hydrogen-bond donors (Lipinski definition) is 3. The lowest BCUT2D eigenvalue weighted by atomic mass is 10.1. The molecule has 132 valence electrons. The summed E-state index contributed by atoms with van der Waals surface area (Å²) in [7, 11) is 0. The highest BCUT2D eigenvalue weighted by molar-refractivity contribution is 7.72. The van der Waals surface area contributed by atoms with Crippen molar-refractivity contribution < 1.29 is 14.9 Å². The van der Waals surface area contributed by atoms with E-state index < -0.39 is 31.4 Å². The van der Waals surface area contributed by atoms with Gasteiger partial charge in [0.05, 0.1) is 11.8 Å². The number of nitrogens with two attached hydrogens (primary N) is 1. The lowest BCUT2D eigenvalue weighted by Gasteiger charge is -2.19. The summed E-state index contributed by atoms with van der Waals surface area (Å²) in [6.07, 6.45) is 3.71. The van der Waals surface area contributed by atoms with Gasteiger partial charge in [-0.25, -0.2) is 9.97 Å². The minimum absolute atomic E-state index is 0.109. The van der Waals surface area contributed by atoms with Gasteiger partial charge < -0.3 is 20.7 Å². The zero-order chi connectivity index (χ0) is 17.6. The first-order valence-electron chi connectivity index (χ1n) is 7.66. The topological polar surface area (TPSA) is 106 Å². The van der Waals surface area contributed by atoms with Gasteiger partial charge in [0.2, 0.25) is 5.28 Å². The molecule has 0 spiro atoms. The summed E-state index contributed by atoms with van der Waals surface area (Å²) >= 11 is 6.21. The normalized spacial score (nSPS) is 27.9. The molecule has 1 saturated heterocycles. The first kappa shape index (κ1) is 17.7. The van der Waals surface area contributed by atoms with Gasteiger partial charge in [0.25, 0.3) is 0 Å². The number of pyridine rings is 1. The number of aromatic nitrogens is 3. The van der Waals surface area contributed by atoms with Crippen molar-refractivity contribution in [2.75, 3.05) is 25.2 Å². The fourth-order valence-electron chi connectivity index (χ4n) is 2.87. The van der Waals surface area contributed by atoms with Crippen molar-refractivity contribution in [3.05, 3.63) is 17.5 Å². The maximum absolute atomic E-state index is 10.4. The molecule has 24 heavy (non-hydrogen) atoms. The third kappa shape index (κ3) is 3.19. The Hall–Kier alpha value is -1.11. The van der Waals surface area contributed by atoms with Crippen molar-refractivity contribution in [1.82, 2.24) is 14.5 Å². The van der Waals surface area contributed by atoms with Gasteiger partial charge >= 0.3 is 0 Å². The first-order chi connectivity index (χ1) is 11.2. The Morgan fingerprint density at radius 2 is 2.12 bits per heavy atom. The summed E-state index contributed by atoms with van der Waals surface area (Å²) in [6, 6.07) is 1.62. The van der Waals surface area contributed by atoms with Gasteiger partial charge in [0.1, 0.15) is 17.7 Å². The van der Waals surface area contributed by atoms with Gasteiger partial charge in [-0.1, -0.05) is 0 Å². The minimum Gasteiger partial charge on any atom is -0.397 e. The average molecular weight is 373 g/mol. The van der Waals surface area contributed by atoms with Crippen LogP contribution < -0.4 is 5.73 Å². The number of rotatable bonds is 4. The van der Waals surface area contributed by atoms with Crippen LogP contribution in [-0.2, 0) is 4.74 Å². The van der Waals surface area contributed by atoms with Gasteiger partial charge in [-0.05, 0) is 43.6 Å². The molecule has 1 aliphatic heterocycles. The summed E-state index contributed by atoms with van der Waals surface area (Å²) in [5, 5.41) is 20.9. The third-order valence-electron chi connectivity index (χ3n) is 4.18. The number of nitrogen functional groups attached to an aromatic ring is 1. The molecular weight excluding hydrogens is 351 g/mol. The van der Waals surface area contributed by atoms with E-state index in [-0.39, 0.29) is 5.28 Å². The predicted octanol–water partition coefficient (Wildman–Crippen LogP) is 1.39. The Kier molecular flexibility index (Phi) is 4.66. The van der Waals surface area contributed by atoms with Crippen LogP contribution in [0.25, 0.3) is 11.2 Å². The highest BCUT2D eigenvalue weighted by Gasteiger charge is 2.44. The number of aliphatic hydroxyl groups is 2. The maximum Gasteiger partial charge on any atom is 0.207 e. The molecule has 2 aromatic rings.